The molecule has 0 fully saturated rings. The number of amides is 1. The lowest BCUT2D eigenvalue weighted by molar-refractivity contribution is -0.115. The van der Waals surface area contributed by atoms with E-state index in [0.717, 1.165) is 27.7 Å². The van der Waals surface area contributed by atoms with Gasteiger partial charge in [-0.2, -0.15) is 4.98 Å². The Bertz CT molecular complexity index is 877. The van der Waals surface area contributed by atoms with E-state index in [1.165, 1.54) is 5.56 Å². The van der Waals surface area contributed by atoms with E-state index in [-0.39, 0.29) is 18.3 Å². The summed E-state index contributed by atoms with van der Waals surface area (Å²) in [6, 6.07) is 2.24. The molecule has 2 heterocycles. The highest BCUT2D eigenvalue weighted by atomic mass is 16.5. The molecule has 6 nitrogen and oxygen atoms in total. The van der Waals surface area contributed by atoms with E-state index in [9.17, 15) is 4.79 Å². The van der Waals surface area contributed by atoms with Gasteiger partial charge in [0.05, 0.1) is 12.7 Å². The van der Waals surface area contributed by atoms with Crippen molar-refractivity contribution in [3.8, 4) is 0 Å². The van der Waals surface area contributed by atoms with E-state index in [2.05, 4.69) is 28.4 Å². The van der Waals surface area contributed by atoms with E-state index in [1.54, 1.807) is 6.26 Å². The largest absolute Gasteiger partial charge is 0.464 e. The summed E-state index contributed by atoms with van der Waals surface area (Å²) in [4.78, 5) is 16.3. The summed E-state index contributed by atoms with van der Waals surface area (Å²) in [6.07, 6.45) is 2.50. The second-order valence-corrected chi connectivity index (χ2v) is 5.69. The number of aryl methyl sites for hydroxylation is 4. The van der Waals surface area contributed by atoms with Gasteiger partial charge in [0.2, 0.25) is 5.91 Å². The van der Waals surface area contributed by atoms with Gasteiger partial charge in [-0.15, -0.1) is 0 Å². The molecule has 0 saturated heterocycles. The van der Waals surface area contributed by atoms with Gasteiger partial charge in [0.15, 0.2) is 5.82 Å². The number of fused-ring (bicyclic) bond motifs is 1. The molecule has 120 valence electrons. The van der Waals surface area contributed by atoms with Crippen molar-refractivity contribution in [3.05, 3.63) is 40.4 Å². The normalized spacial score (nSPS) is 11.1. The number of anilines is 1. The van der Waals surface area contributed by atoms with Crippen molar-refractivity contribution in [2.24, 2.45) is 0 Å². The Balaban J connectivity index is 1.84. The summed E-state index contributed by atoms with van der Waals surface area (Å²) in [5.74, 6) is 0.354. The lowest BCUT2D eigenvalue weighted by Gasteiger charge is -2.05. The summed E-state index contributed by atoms with van der Waals surface area (Å²) in [5, 5.41) is 7.38. The third kappa shape index (κ3) is 2.84. The molecule has 1 N–H and O–H groups in total. The van der Waals surface area contributed by atoms with Gasteiger partial charge in [0.25, 0.3) is 0 Å². The Morgan fingerprint density at radius 2 is 2.04 bits per heavy atom. The lowest BCUT2D eigenvalue weighted by Crippen LogP contribution is -2.14. The van der Waals surface area contributed by atoms with Crippen molar-refractivity contribution in [1.82, 2.24) is 10.1 Å². The average Bonchev–Trinajstić information content (AvgIpc) is 3.12. The molecule has 0 radical (unpaired) electrons. The molecule has 23 heavy (non-hydrogen) atoms. The van der Waals surface area contributed by atoms with Crippen molar-refractivity contribution < 1.29 is 13.7 Å². The van der Waals surface area contributed by atoms with Crippen LogP contribution < -0.4 is 5.32 Å². The molecule has 1 amide bonds. The molecular formula is C17H19N3O3. The first-order valence-electron chi connectivity index (χ1n) is 7.59. The molecule has 0 bridgehead atoms. The minimum absolute atomic E-state index is 0.128. The van der Waals surface area contributed by atoms with Crippen molar-refractivity contribution in [2.45, 2.75) is 40.5 Å². The number of nitrogens with one attached hydrogen (secondary N) is 1. The molecule has 0 aliphatic carbocycles. The highest BCUT2D eigenvalue weighted by Crippen LogP contribution is 2.30. The standard InChI is InChI=1S/C17H19N3O3/c1-5-13-18-17(23-20-13)19-14(21)7-12-8-22-16-11(4)9(2)6-10(3)15(12)16/h6,8H,5,7H2,1-4H3,(H,18,19,20,21). The molecule has 0 unspecified atom stereocenters. The number of benzene rings is 1. The second-order valence-electron chi connectivity index (χ2n) is 5.69. The fourth-order valence-electron chi connectivity index (χ4n) is 2.70. The molecule has 0 saturated carbocycles. The summed E-state index contributed by atoms with van der Waals surface area (Å²) in [6.45, 7) is 8.02. The van der Waals surface area contributed by atoms with Gasteiger partial charge in [-0.25, -0.2) is 0 Å². The number of hydrogen-bond acceptors (Lipinski definition) is 5. The number of rotatable bonds is 4. The zero-order valence-corrected chi connectivity index (χ0v) is 13.7. The quantitative estimate of drug-likeness (QED) is 0.797. The zero-order chi connectivity index (χ0) is 16.6. The Hall–Kier alpha value is -2.63. The molecule has 0 aliphatic rings. The predicted octanol–water partition coefficient (Wildman–Crippen LogP) is 3.48. The minimum atomic E-state index is -0.211. The SMILES string of the molecule is CCc1noc(NC(=O)Cc2coc3c(C)c(C)cc(C)c23)n1. The molecule has 0 atom stereocenters. The molecule has 0 spiro atoms. The van der Waals surface area contributed by atoms with Gasteiger partial charge >= 0.3 is 6.01 Å². The van der Waals surface area contributed by atoms with Crippen molar-refractivity contribution in [3.63, 3.8) is 0 Å². The van der Waals surface area contributed by atoms with Crippen molar-refractivity contribution in [2.75, 3.05) is 5.32 Å². The van der Waals surface area contributed by atoms with Crippen LogP contribution in [0.25, 0.3) is 11.0 Å². The predicted molar refractivity (Wildman–Crippen MR) is 86.4 cm³/mol. The highest BCUT2D eigenvalue weighted by molar-refractivity contribution is 5.95. The minimum Gasteiger partial charge on any atom is -0.464 e. The third-order valence-electron chi connectivity index (χ3n) is 4.01. The molecule has 6 heteroatoms. The number of nitrogens with zero attached hydrogens (tertiary/aromatic N) is 2. The number of furan rings is 1. The van der Waals surface area contributed by atoms with Crippen LogP contribution in [0.4, 0.5) is 6.01 Å². The summed E-state index contributed by atoms with van der Waals surface area (Å²) < 4.78 is 10.7. The number of carbonyl (C=O) groups excluding carboxylic acids is 1. The topological polar surface area (TPSA) is 81.2 Å². The molecule has 1 aromatic carbocycles. The lowest BCUT2D eigenvalue weighted by atomic mass is 9.99. The second kappa shape index (κ2) is 5.87. The van der Waals surface area contributed by atoms with Crippen LogP contribution in [-0.2, 0) is 17.6 Å². The van der Waals surface area contributed by atoms with Crippen LogP contribution in [0, 0.1) is 20.8 Å². The van der Waals surface area contributed by atoms with Gasteiger partial charge in [0.1, 0.15) is 5.58 Å². The Morgan fingerprint density at radius 3 is 2.74 bits per heavy atom. The molecule has 3 rings (SSSR count). The number of carbonyl (C=O) groups is 1. The molecule has 3 aromatic rings. The van der Waals surface area contributed by atoms with Gasteiger partial charge in [-0.05, 0) is 37.5 Å². The highest BCUT2D eigenvalue weighted by Gasteiger charge is 2.16. The summed E-state index contributed by atoms with van der Waals surface area (Å²) >= 11 is 0. The van der Waals surface area contributed by atoms with Gasteiger partial charge in [0, 0.05) is 17.4 Å². The Morgan fingerprint density at radius 1 is 1.26 bits per heavy atom. The van der Waals surface area contributed by atoms with Crippen molar-refractivity contribution in [1.29, 1.82) is 0 Å². The van der Waals surface area contributed by atoms with Gasteiger partial charge < -0.3 is 8.94 Å². The smallest absolute Gasteiger partial charge is 0.328 e. The maximum absolute atomic E-state index is 12.2. The Kier molecular flexibility index (Phi) is 3.90. The van der Waals surface area contributed by atoms with Crippen LogP contribution in [0.15, 0.2) is 21.3 Å². The molecule has 2 aromatic heterocycles. The van der Waals surface area contributed by atoms with Crippen LogP contribution in [0.2, 0.25) is 0 Å². The van der Waals surface area contributed by atoms with Gasteiger partial charge in [-0.3, -0.25) is 10.1 Å². The Labute approximate surface area is 133 Å². The average molecular weight is 313 g/mol. The van der Waals surface area contributed by atoms with Crippen LogP contribution in [0.1, 0.15) is 35.0 Å². The van der Waals surface area contributed by atoms with Crippen LogP contribution in [-0.4, -0.2) is 16.0 Å². The molecule has 0 aliphatic heterocycles. The van der Waals surface area contributed by atoms with Crippen LogP contribution in [0.5, 0.6) is 0 Å². The first-order valence-corrected chi connectivity index (χ1v) is 7.59. The van der Waals surface area contributed by atoms with E-state index in [4.69, 9.17) is 8.94 Å². The van der Waals surface area contributed by atoms with Crippen LogP contribution in [0.3, 0.4) is 0 Å². The summed E-state index contributed by atoms with van der Waals surface area (Å²) in [7, 11) is 0. The summed E-state index contributed by atoms with van der Waals surface area (Å²) in [5.41, 5.74) is 5.08. The maximum Gasteiger partial charge on any atom is 0.328 e. The number of hydrogen-bond donors (Lipinski definition) is 1. The number of aromatic nitrogens is 2. The van der Waals surface area contributed by atoms with Crippen LogP contribution >= 0.6 is 0 Å². The first-order chi connectivity index (χ1) is 11.0. The van der Waals surface area contributed by atoms with E-state index < -0.39 is 0 Å². The van der Waals surface area contributed by atoms with E-state index >= 15 is 0 Å². The maximum atomic E-state index is 12.2. The fourth-order valence-corrected chi connectivity index (χ4v) is 2.70. The van der Waals surface area contributed by atoms with E-state index in [1.807, 2.05) is 20.8 Å². The fraction of sp³-hybridized carbons (Fsp3) is 0.353. The zero-order valence-electron chi connectivity index (χ0n) is 13.7. The first kappa shape index (κ1) is 15.3. The third-order valence-corrected chi connectivity index (χ3v) is 4.01. The monoisotopic (exact) mass is 313 g/mol. The van der Waals surface area contributed by atoms with Crippen molar-refractivity contribution >= 4 is 22.9 Å². The van der Waals surface area contributed by atoms with Gasteiger partial charge in [-0.1, -0.05) is 18.1 Å². The van der Waals surface area contributed by atoms with E-state index in [0.29, 0.717) is 12.2 Å². The molecular weight excluding hydrogens is 294 g/mol.